The number of pyridine rings is 1. The first-order valence-corrected chi connectivity index (χ1v) is 15.3. The number of hydrogen-bond acceptors (Lipinski definition) is 7. The summed E-state index contributed by atoms with van der Waals surface area (Å²) in [6.45, 7) is 2.20. The summed E-state index contributed by atoms with van der Waals surface area (Å²) < 4.78 is 1.09. The molecule has 2 saturated heterocycles. The molecule has 0 radical (unpaired) electrons. The zero-order valence-electron chi connectivity index (χ0n) is 22.1. The minimum absolute atomic E-state index is 0.00500. The third kappa shape index (κ3) is 4.21. The summed E-state index contributed by atoms with van der Waals surface area (Å²) in [5.41, 5.74) is 6.23. The van der Waals surface area contributed by atoms with Crippen molar-refractivity contribution >= 4 is 57.1 Å². The van der Waals surface area contributed by atoms with Crippen LogP contribution in [0.2, 0.25) is 5.02 Å². The van der Waals surface area contributed by atoms with Crippen LogP contribution in [-0.4, -0.2) is 57.9 Å². The van der Waals surface area contributed by atoms with Gasteiger partial charge in [-0.05, 0) is 74.8 Å². The minimum atomic E-state index is -0.250. The fraction of sp³-hybridized carbons (Fsp3) is 0.467. The predicted octanol–water partition coefficient (Wildman–Crippen LogP) is 4.86. The topological polar surface area (TPSA) is 103 Å². The van der Waals surface area contributed by atoms with Gasteiger partial charge < -0.3 is 15.3 Å². The van der Waals surface area contributed by atoms with Gasteiger partial charge in [0.15, 0.2) is 0 Å². The van der Waals surface area contributed by atoms with Crippen molar-refractivity contribution in [3.05, 3.63) is 45.9 Å². The molecule has 10 heteroatoms. The van der Waals surface area contributed by atoms with Crippen molar-refractivity contribution in [1.29, 1.82) is 0 Å². The van der Waals surface area contributed by atoms with Crippen LogP contribution in [0.4, 0.5) is 5.69 Å². The number of piperidine rings is 1. The molecule has 3 aliphatic heterocycles. The lowest BCUT2D eigenvalue weighted by Crippen LogP contribution is -2.46. The van der Waals surface area contributed by atoms with Gasteiger partial charge in [-0.15, -0.1) is 11.3 Å². The van der Waals surface area contributed by atoms with E-state index in [-0.39, 0.29) is 30.1 Å². The maximum absolute atomic E-state index is 12.6. The molecule has 2 saturated carbocycles. The number of aryl methyl sites for hydroxylation is 1. The summed E-state index contributed by atoms with van der Waals surface area (Å²) in [6, 6.07) is 8.92. The van der Waals surface area contributed by atoms with Crippen LogP contribution in [0.1, 0.15) is 49.0 Å². The Morgan fingerprint density at radius 3 is 2.62 bits per heavy atom. The second kappa shape index (κ2) is 9.82. The molecule has 2 aliphatic carbocycles. The van der Waals surface area contributed by atoms with Crippen molar-refractivity contribution < 1.29 is 19.5 Å². The highest BCUT2D eigenvalue weighted by atomic mass is 35.5. The molecule has 0 bridgehead atoms. The summed E-state index contributed by atoms with van der Waals surface area (Å²) >= 11 is 8.36. The number of rotatable bonds is 4. The van der Waals surface area contributed by atoms with Gasteiger partial charge in [-0.25, -0.2) is 0 Å². The predicted molar refractivity (Wildman–Crippen MR) is 155 cm³/mol. The van der Waals surface area contributed by atoms with Gasteiger partial charge in [-0.1, -0.05) is 11.6 Å². The van der Waals surface area contributed by atoms with E-state index in [1.165, 1.54) is 47.4 Å². The van der Waals surface area contributed by atoms with E-state index in [9.17, 15) is 9.59 Å². The highest BCUT2D eigenvalue weighted by Crippen LogP contribution is 2.49. The molecule has 208 valence electrons. The van der Waals surface area contributed by atoms with E-state index in [1.54, 1.807) is 11.3 Å². The van der Waals surface area contributed by atoms with E-state index in [4.69, 9.17) is 21.5 Å². The molecule has 8 rings (SSSR count). The average molecular weight is 579 g/mol. The molecule has 2 amide bonds. The monoisotopic (exact) mass is 578 g/mol. The molecule has 3 aromatic rings. The molecule has 5 aliphatic rings. The van der Waals surface area contributed by atoms with Crippen LogP contribution in [0.5, 0.6) is 0 Å². The number of benzene rings is 1. The lowest BCUT2D eigenvalue weighted by atomic mass is 9.75. The van der Waals surface area contributed by atoms with Crippen molar-refractivity contribution in [2.45, 2.75) is 63.1 Å². The fourth-order valence-corrected chi connectivity index (χ4v) is 8.65. The number of amides is 2. The molecule has 40 heavy (non-hydrogen) atoms. The van der Waals surface area contributed by atoms with Gasteiger partial charge in [-0.2, -0.15) is 0 Å². The summed E-state index contributed by atoms with van der Waals surface area (Å²) in [5, 5.41) is 11.5. The van der Waals surface area contributed by atoms with Crippen molar-refractivity contribution in [2.24, 2.45) is 11.8 Å². The van der Waals surface area contributed by atoms with E-state index in [0.717, 1.165) is 58.0 Å². The minimum Gasteiger partial charge on any atom is -0.483 e. The number of likely N-dealkylation sites (tertiary alicyclic amines) is 1. The summed E-state index contributed by atoms with van der Waals surface area (Å²) in [7, 11) is 0. The van der Waals surface area contributed by atoms with Gasteiger partial charge in [0.25, 0.3) is 6.47 Å². The molecule has 5 heterocycles. The van der Waals surface area contributed by atoms with E-state index in [2.05, 4.69) is 33.4 Å². The van der Waals surface area contributed by atoms with Gasteiger partial charge in [0.05, 0.1) is 28.6 Å². The molecule has 2 unspecified atom stereocenters. The molecule has 2 N–H and O–H groups in total. The molecular weight excluding hydrogens is 548 g/mol. The van der Waals surface area contributed by atoms with E-state index in [0.29, 0.717) is 18.1 Å². The third-order valence-electron chi connectivity index (χ3n) is 9.40. The van der Waals surface area contributed by atoms with Crippen LogP contribution in [0.25, 0.3) is 21.3 Å². The SMILES string of the molecule is O=C1C2CC2C(=O)N1Cc1cc2nccc(-c3cc(Cl)cc4c3N([C@@H]3CNC5(CCC5)C3)CCC4)c2s1.O=CO. The van der Waals surface area contributed by atoms with Crippen LogP contribution in [-0.2, 0) is 27.3 Å². The molecule has 3 atom stereocenters. The maximum Gasteiger partial charge on any atom is 0.290 e. The molecular formula is C30H31ClN4O4S. The fourth-order valence-electron chi connectivity index (χ4n) is 7.28. The van der Waals surface area contributed by atoms with Gasteiger partial charge >= 0.3 is 0 Å². The van der Waals surface area contributed by atoms with Gasteiger partial charge in [0, 0.05) is 57.6 Å². The molecule has 8 nitrogen and oxygen atoms in total. The number of hydrogen-bond donors (Lipinski definition) is 2. The number of imide groups is 1. The first-order chi connectivity index (χ1) is 19.4. The van der Waals surface area contributed by atoms with Crippen LogP contribution in [0.15, 0.2) is 30.5 Å². The molecule has 1 aromatic carbocycles. The lowest BCUT2D eigenvalue weighted by Gasteiger charge is -2.41. The van der Waals surface area contributed by atoms with E-state index in [1.807, 2.05) is 12.3 Å². The van der Waals surface area contributed by atoms with E-state index >= 15 is 0 Å². The lowest BCUT2D eigenvalue weighted by molar-refractivity contribution is -0.142. The van der Waals surface area contributed by atoms with Gasteiger partial charge in [-0.3, -0.25) is 24.3 Å². The van der Waals surface area contributed by atoms with Gasteiger partial charge in [0.2, 0.25) is 11.8 Å². The Morgan fingerprint density at radius 1 is 1.15 bits per heavy atom. The Kier molecular flexibility index (Phi) is 6.36. The van der Waals surface area contributed by atoms with Crippen LogP contribution in [0.3, 0.4) is 0 Å². The standard InChI is InChI=1S/C29H29ClN4O2S.CH2O2/c30-17-9-16-3-1-8-33(18-13-29(32-14-18)5-2-6-29)25(16)21(10-17)20-4-7-31-24-11-19(37-26(20)24)15-34-27(35)22-12-23(22)28(34)36;2-1-3/h4,7,9-11,18,22-23,32H,1-3,5-6,8,12-15H2;1H,(H,2,3)/t18-,22?,23?;/m0./s1. The number of nitrogens with one attached hydrogen (secondary N) is 1. The third-order valence-corrected chi connectivity index (χ3v) is 10.8. The largest absolute Gasteiger partial charge is 0.483 e. The zero-order chi connectivity index (χ0) is 27.6. The molecule has 1 spiro atoms. The Labute approximate surface area is 241 Å². The second-order valence-corrected chi connectivity index (χ2v) is 13.3. The summed E-state index contributed by atoms with van der Waals surface area (Å²) in [6.07, 6.45) is 9.93. The van der Waals surface area contributed by atoms with Crippen molar-refractivity contribution in [3.8, 4) is 11.1 Å². The highest BCUT2D eigenvalue weighted by molar-refractivity contribution is 7.19. The van der Waals surface area contributed by atoms with Crippen molar-refractivity contribution in [2.75, 3.05) is 18.0 Å². The number of carbonyl (C=O) groups is 3. The zero-order valence-corrected chi connectivity index (χ0v) is 23.6. The number of halogens is 1. The van der Waals surface area contributed by atoms with E-state index < -0.39 is 0 Å². The Hall–Kier alpha value is -3.01. The van der Waals surface area contributed by atoms with Crippen molar-refractivity contribution in [1.82, 2.24) is 15.2 Å². The van der Waals surface area contributed by atoms with Crippen LogP contribution in [0, 0.1) is 11.8 Å². The first-order valence-electron chi connectivity index (χ1n) is 14.1. The Bertz CT molecular complexity index is 1520. The normalized spacial score (nSPS) is 25.9. The Balaban J connectivity index is 0.000000846. The van der Waals surface area contributed by atoms with Crippen LogP contribution >= 0.6 is 22.9 Å². The number of fused-ring (bicyclic) bond motifs is 3. The number of nitrogens with zero attached hydrogens (tertiary/aromatic N) is 3. The number of anilines is 1. The van der Waals surface area contributed by atoms with Crippen LogP contribution < -0.4 is 10.2 Å². The highest BCUT2D eigenvalue weighted by Gasteiger charge is 2.58. The molecule has 2 aromatic heterocycles. The number of carbonyl (C=O) groups excluding carboxylic acids is 2. The summed E-state index contributed by atoms with van der Waals surface area (Å²) in [4.78, 5) is 43.3. The smallest absolute Gasteiger partial charge is 0.290 e. The Morgan fingerprint density at radius 2 is 1.93 bits per heavy atom. The van der Waals surface area contributed by atoms with Crippen molar-refractivity contribution in [3.63, 3.8) is 0 Å². The average Bonchev–Trinajstić information content (AvgIpc) is 3.29. The quantitative estimate of drug-likeness (QED) is 0.337. The summed E-state index contributed by atoms with van der Waals surface area (Å²) in [5.74, 6) is -0.142. The maximum atomic E-state index is 12.6. The second-order valence-electron chi connectivity index (χ2n) is 11.7. The number of aromatic nitrogens is 1. The van der Waals surface area contributed by atoms with Gasteiger partial charge in [0.1, 0.15) is 0 Å². The number of thiophene rings is 1. The first kappa shape index (κ1) is 25.9. The number of carboxylic acid groups (broad SMARTS) is 1. The molecule has 4 fully saturated rings.